The molecular weight excluding hydrogens is 266 g/mol. The third kappa shape index (κ3) is 4.18. The lowest BCUT2D eigenvalue weighted by atomic mass is 10.1. The van der Waals surface area contributed by atoms with Crippen molar-refractivity contribution < 1.29 is 4.90 Å². The first-order valence-corrected chi connectivity index (χ1v) is 7.97. The SMILES string of the molecule is CC[NH+]1CCC(NC(=S)Nc2ccc(C)c(C)c2)CC1. The first-order chi connectivity index (χ1) is 9.58. The zero-order valence-electron chi connectivity index (χ0n) is 12.8. The highest BCUT2D eigenvalue weighted by molar-refractivity contribution is 7.80. The molecule has 0 atom stereocenters. The summed E-state index contributed by atoms with van der Waals surface area (Å²) in [5, 5.41) is 7.50. The van der Waals surface area contributed by atoms with Crippen LogP contribution >= 0.6 is 12.2 Å². The number of hydrogen-bond donors (Lipinski definition) is 3. The van der Waals surface area contributed by atoms with Gasteiger partial charge in [0, 0.05) is 24.6 Å². The van der Waals surface area contributed by atoms with Crippen molar-refractivity contribution in [2.45, 2.75) is 39.7 Å². The minimum atomic E-state index is 0.525. The quantitative estimate of drug-likeness (QED) is 0.740. The molecule has 1 aliphatic rings. The second kappa shape index (κ2) is 7.04. The average Bonchev–Trinajstić information content (AvgIpc) is 2.44. The predicted octanol–water partition coefficient (Wildman–Crippen LogP) is 1.66. The summed E-state index contributed by atoms with van der Waals surface area (Å²) in [5.74, 6) is 0. The van der Waals surface area contributed by atoms with Gasteiger partial charge in [0.1, 0.15) is 0 Å². The minimum absolute atomic E-state index is 0.525. The van der Waals surface area contributed by atoms with Gasteiger partial charge in [-0.3, -0.25) is 0 Å². The molecule has 0 amide bonds. The Kier molecular flexibility index (Phi) is 5.38. The second-order valence-corrected chi connectivity index (χ2v) is 6.18. The first kappa shape index (κ1) is 15.3. The Bertz CT molecular complexity index is 465. The Morgan fingerprint density at radius 2 is 1.95 bits per heavy atom. The van der Waals surface area contributed by atoms with E-state index in [1.165, 1.54) is 43.6 Å². The van der Waals surface area contributed by atoms with Crippen LogP contribution in [0.15, 0.2) is 18.2 Å². The maximum absolute atomic E-state index is 5.42. The van der Waals surface area contributed by atoms with E-state index < -0.39 is 0 Å². The number of benzene rings is 1. The predicted molar refractivity (Wildman–Crippen MR) is 89.5 cm³/mol. The molecule has 110 valence electrons. The number of thiocarbonyl (C=S) groups is 1. The molecule has 1 fully saturated rings. The molecular formula is C16H26N3S+. The lowest BCUT2D eigenvalue weighted by Gasteiger charge is -2.29. The van der Waals surface area contributed by atoms with Crippen LogP contribution in [0.5, 0.6) is 0 Å². The summed E-state index contributed by atoms with van der Waals surface area (Å²) in [7, 11) is 0. The molecule has 3 nitrogen and oxygen atoms in total. The van der Waals surface area contributed by atoms with E-state index >= 15 is 0 Å². The monoisotopic (exact) mass is 292 g/mol. The molecule has 1 heterocycles. The van der Waals surface area contributed by atoms with Gasteiger partial charge >= 0.3 is 0 Å². The molecule has 0 saturated carbocycles. The van der Waals surface area contributed by atoms with Crippen LogP contribution in [0.25, 0.3) is 0 Å². The van der Waals surface area contributed by atoms with Crippen molar-refractivity contribution in [3.05, 3.63) is 29.3 Å². The van der Waals surface area contributed by atoms with Crippen LogP contribution in [-0.4, -0.2) is 30.8 Å². The number of piperidine rings is 1. The summed E-state index contributed by atoms with van der Waals surface area (Å²) < 4.78 is 0. The molecule has 1 aromatic rings. The van der Waals surface area contributed by atoms with Crippen molar-refractivity contribution in [1.82, 2.24) is 5.32 Å². The standard InChI is InChI=1S/C16H25N3S/c1-4-19-9-7-14(8-10-19)17-16(20)18-15-6-5-12(2)13(3)11-15/h5-6,11,14H,4,7-10H2,1-3H3,(H2,17,18,20)/p+1. The van der Waals surface area contributed by atoms with Gasteiger partial charge in [0.25, 0.3) is 0 Å². The summed E-state index contributed by atoms with van der Waals surface area (Å²) in [6.07, 6.45) is 2.41. The number of rotatable bonds is 3. The lowest BCUT2D eigenvalue weighted by Crippen LogP contribution is -3.13. The van der Waals surface area contributed by atoms with E-state index in [-0.39, 0.29) is 0 Å². The van der Waals surface area contributed by atoms with Crippen molar-refractivity contribution in [3.8, 4) is 0 Å². The maximum atomic E-state index is 5.42. The van der Waals surface area contributed by atoms with Crippen molar-refractivity contribution >= 4 is 23.0 Å². The molecule has 1 aromatic carbocycles. The number of nitrogens with one attached hydrogen (secondary N) is 3. The zero-order valence-corrected chi connectivity index (χ0v) is 13.6. The first-order valence-electron chi connectivity index (χ1n) is 7.57. The summed E-state index contributed by atoms with van der Waals surface area (Å²) in [5.41, 5.74) is 3.67. The van der Waals surface area contributed by atoms with Crippen LogP contribution < -0.4 is 15.5 Å². The smallest absolute Gasteiger partial charge is 0.171 e. The van der Waals surface area contributed by atoms with E-state index in [1.807, 2.05) is 0 Å². The van der Waals surface area contributed by atoms with Gasteiger partial charge in [-0.05, 0) is 56.2 Å². The summed E-state index contributed by atoms with van der Waals surface area (Å²) in [4.78, 5) is 1.70. The normalized spacial score (nSPS) is 22.4. The third-order valence-corrected chi connectivity index (χ3v) is 4.51. The largest absolute Gasteiger partial charge is 0.359 e. The molecule has 0 aliphatic carbocycles. The van der Waals surface area contributed by atoms with Crippen molar-refractivity contribution in [2.75, 3.05) is 25.0 Å². The number of anilines is 1. The van der Waals surface area contributed by atoms with Gasteiger partial charge in [-0.25, -0.2) is 0 Å². The van der Waals surface area contributed by atoms with Crippen LogP contribution in [0, 0.1) is 13.8 Å². The van der Waals surface area contributed by atoms with E-state index in [4.69, 9.17) is 12.2 Å². The molecule has 0 radical (unpaired) electrons. The highest BCUT2D eigenvalue weighted by atomic mass is 32.1. The maximum Gasteiger partial charge on any atom is 0.171 e. The molecule has 2 rings (SSSR count). The Hall–Kier alpha value is -1.13. The summed E-state index contributed by atoms with van der Waals surface area (Å²) in [6.45, 7) is 10.2. The van der Waals surface area contributed by atoms with Gasteiger partial charge in [0.05, 0.1) is 19.6 Å². The third-order valence-electron chi connectivity index (χ3n) is 4.29. The van der Waals surface area contributed by atoms with Gasteiger partial charge in [-0.2, -0.15) is 0 Å². The highest BCUT2D eigenvalue weighted by Gasteiger charge is 2.21. The fourth-order valence-corrected chi connectivity index (χ4v) is 2.98. The van der Waals surface area contributed by atoms with Crippen LogP contribution in [0.3, 0.4) is 0 Å². The molecule has 3 N–H and O–H groups in total. The van der Waals surface area contributed by atoms with Crippen molar-refractivity contribution in [1.29, 1.82) is 0 Å². The van der Waals surface area contributed by atoms with Gasteiger partial charge in [-0.1, -0.05) is 6.07 Å². The Balaban J connectivity index is 1.82. The molecule has 0 spiro atoms. The van der Waals surface area contributed by atoms with Crippen molar-refractivity contribution in [3.63, 3.8) is 0 Å². The Morgan fingerprint density at radius 1 is 1.25 bits per heavy atom. The fraction of sp³-hybridized carbons (Fsp3) is 0.562. The molecule has 0 unspecified atom stereocenters. The number of likely N-dealkylation sites (tertiary alicyclic amines) is 1. The van der Waals surface area contributed by atoms with E-state index in [0.717, 1.165) is 10.8 Å². The molecule has 0 aromatic heterocycles. The molecule has 0 bridgehead atoms. The molecule has 1 aliphatic heterocycles. The highest BCUT2D eigenvalue weighted by Crippen LogP contribution is 2.14. The Morgan fingerprint density at radius 3 is 2.55 bits per heavy atom. The second-order valence-electron chi connectivity index (χ2n) is 5.78. The number of aryl methyl sites for hydroxylation is 2. The minimum Gasteiger partial charge on any atom is -0.359 e. The summed E-state index contributed by atoms with van der Waals surface area (Å²) in [6, 6.07) is 6.88. The van der Waals surface area contributed by atoms with E-state index in [9.17, 15) is 0 Å². The van der Waals surface area contributed by atoms with Gasteiger partial charge in [-0.15, -0.1) is 0 Å². The molecule has 1 saturated heterocycles. The molecule has 20 heavy (non-hydrogen) atoms. The fourth-order valence-electron chi connectivity index (χ4n) is 2.70. The van der Waals surface area contributed by atoms with Gasteiger partial charge in [0.2, 0.25) is 0 Å². The van der Waals surface area contributed by atoms with Crippen LogP contribution in [0.4, 0.5) is 5.69 Å². The number of quaternary nitrogens is 1. The summed E-state index contributed by atoms with van der Waals surface area (Å²) >= 11 is 5.42. The van der Waals surface area contributed by atoms with E-state index in [1.54, 1.807) is 4.90 Å². The van der Waals surface area contributed by atoms with Crippen LogP contribution in [-0.2, 0) is 0 Å². The zero-order chi connectivity index (χ0) is 14.5. The van der Waals surface area contributed by atoms with E-state index in [0.29, 0.717) is 6.04 Å². The number of hydrogen-bond acceptors (Lipinski definition) is 1. The average molecular weight is 292 g/mol. The van der Waals surface area contributed by atoms with Crippen LogP contribution in [0.2, 0.25) is 0 Å². The topological polar surface area (TPSA) is 28.5 Å². The lowest BCUT2D eigenvalue weighted by molar-refractivity contribution is -0.903. The van der Waals surface area contributed by atoms with Crippen molar-refractivity contribution in [2.24, 2.45) is 0 Å². The molecule has 4 heteroatoms. The Labute approximate surface area is 127 Å². The van der Waals surface area contributed by atoms with E-state index in [2.05, 4.69) is 49.6 Å². The van der Waals surface area contributed by atoms with Gasteiger partial charge < -0.3 is 15.5 Å². The van der Waals surface area contributed by atoms with Crippen LogP contribution in [0.1, 0.15) is 30.9 Å². The van der Waals surface area contributed by atoms with Gasteiger partial charge in [0.15, 0.2) is 5.11 Å².